The quantitative estimate of drug-likeness (QED) is 0.0542. The van der Waals surface area contributed by atoms with E-state index in [1.807, 2.05) is 36.1 Å². The fraction of sp³-hybridized carbons (Fsp3) is 0.458. The van der Waals surface area contributed by atoms with Crippen LogP contribution < -0.4 is 15.5 Å². The van der Waals surface area contributed by atoms with Crippen LogP contribution in [-0.4, -0.2) is 107 Å². The standard InChI is InChI=1S/C48H55N3O13/c1-26-16-37(55)34-17-29-18-39(64-61-25-48(60,44(58)41(57)38(56)24-52)20-27-6-9-36(54)32-8-7-31(53)19-33(27)32)46(2,14-10-30-21-50-45(59)47(30)12-4-3-5-13-47)63-42(29)40(43(34)62-26)51-22-28-11-15-49-35(28)23-51/h6-9,11,15-17,19,22-23,30,38-39,41,44,49,52-54,56-58,60H,3-5,10,12-14,18,20-21,24-25H2,1-2H3,(H,50,59). The zero-order valence-corrected chi connectivity index (χ0v) is 35.8. The van der Waals surface area contributed by atoms with Gasteiger partial charge < -0.3 is 59.8 Å². The Kier molecular flexibility index (Phi) is 11.5. The minimum absolute atomic E-state index is 0.0185. The Hall–Kier alpha value is -5.46. The van der Waals surface area contributed by atoms with Gasteiger partial charge in [0.05, 0.1) is 22.9 Å². The number of aromatic nitrogens is 2. The molecule has 5 heterocycles. The summed E-state index contributed by atoms with van der Waals surface area (Å²) in [5, 5.41) is 80.8. The van der Waals surface area contributed by atoms with Crippen molar-refractivity contribution in [2.75, 3.05) is 19.8 Å². The maximum absolute atomic E-state index is 13.6. The first kappa shape index (κ1) is 43.8. The van der Waals surface area contributed by atoms with Crippen molar-refractivity contribution in [3.8, 4) is 22.9 Å². The number of nitrogens with one attached hydrogen (secondary N) is 2. The first-order valence-corrected chi connectivity index (χ1v) is 22.0. The van der Waals surface area contributed by atoms with Crippen LogP contribution in [0.2, 0.25) is 0 Å². The smallest absolute Gasteiger partial charge is 0.226 e. The number of H-pyrrole nitrogens is 1. The van der Waals surface area contributed by atoms with Gasteiger partial charge in [-0.3, -0.25) is 9.59 Å². The molecule has 0 bridgehead atoms. The van der Waals surface area contributed by atoms with Crippen molar-refractivity contribution in [3.05, 3.63) is 94.2 Å². The number of aliphatic hydroxyl groups excluding tert-OH is 4. The summed E-state index contributed by atoms with van der Waals surface area (Å²) in [4.78, 5) is 42.5. The number of aromatic hydroxyl groups is 2. The number of hydrogen-bond donors (Lipinski definition) is 9. The third kappa shape index (κ3) is 7.70. The molecule has 1 saturated heterocycles. The fourth-order valence-electron chi connectivity index (χ4n) is 10.5. The summed E-state index contributed by atoms with van der Waals surface area (Å²) >= 11 is 0. The Balaban J connectivity index is 1.09. The third-order valence-electron chi connectivity index (χ3n) is 14.2. The highest BCUT2D eigenvalue weighted by molar-refractivity contribution is 5.93. The van der Waals surface area contributed by atoms with Gasteiger partial charge in [0.25, 0.3) is 0 Å². The van der Waals surface area contributed by atoms with E-state index >= 15 is 0 Å². The summed E-state index contributed by atoms with van der Waals surface area (Å²) < 4.78 is 15.3. The Morgan fingerprint density at radius 1 is 0.984 bits per heavy atom. The molecule has 1 amide bonds. The second-order valence-corrected chi connectivity index (χ2v) is 18.4. The molecule has 2 fully saturated rings. The molecule has 3 aromatic heterocycles. The molecule has 6 aromatic rings. The van der Waals surface area contributed by atoms with Crippen LogP contribution in [0, 0.1) is 18.3 Å². The molecule has 16 nitrogen and oxygen atoms in total. The van der Waals surface area contributed by atoms with Crippen LogP contribution in [0.5, 0.6) is 17.2 Å². The van der Waals surface area contributed by atoms with Crippen LogP contribution in [-0.2, 0) is 27.4 Å². The van der Waals surface area contributed by atoms with Crippen molar-refractivity contribution in [2.45, 2.75) is 107 Å². The van der Waals surface area contributed by atoms with Gasteiger partial charge in [-0.05, 0) is 92.8 Å². The lowest BCUT2D eigenvalue weighted by Gasteiger charge is -2.44. The summed E-state index contributed by atoms with van der Waals surface area (Å²) in [5.41, 5.74) is -1.66. The highest BCUT2D eigenvalue weighted by Gasteiger charge is 2.52. The van der Waals surface area contributed by atoms with E-state index in [9.17, 15) is 45.3 Å². The van der Waals surface area contributed by atoms with Crippen LogP contribution in [0.1, 0.15) is 68.8 Å². The van der Waals surface area contributed by atoms with Gasteiger partial charge >= 0.3 is 0 Å². The monoisotopic (exact) mass is 881 g/mol. The predicted molar refractivity (Wildman–Crippen MR) is 234 cm³/mol. The summed E-state index contributed by atoms with van der Waals surface area (Å²) in [7, 11) is 0. The van der Waals surface area contributed by atoms with E-state index in [0.717, 1.165) is 43.0 Å². The molecular weight excluding hydrogens is 827 g/mol. The summed E-state index contributed by atoms with van der Waals surface area (Å²) in [6.07, 6.45) is 4.05. The number of aliphatic hydroxyl groups is 5. The summed E-state index contributed by atoms with van der Waals surface area (Å²) in [6, 6.07) is 12.2. The highest BCUT2D eigenvalue weighted by atomic mass is 17.2. The molecule has 340 valence electrons. The summed E-state index contributed by atoms with van der Waals surface area (Å²) in [5.74, 6) is 0.763. The number of carbonyl (C=O) groups is 1. The molecule has 16 heteroatoms. The second kappa shape index (κ2) is 16.8. The average molecular weight is 882 g/mol. The van der Waals surface area contributed by atoms with Gasteiger partial charge in [-0.25, -0.2) is 9.78 Å². The van der Waals surface area contributed by atoms with E-state index in [2.05, 4.69) is 10.3 Å². The van der Waals surface area contributed by atoms with Crippen LogP contribution >= 0.6 is 0 Å². The van der Waals surface area contributed by atoms with Gasteiger partial charge in [-0.1, -0.05) is 25.3 Å². The van der Waals surface area contributed by atoms with Crippen LogP contribution in [0.4, 0.5) is 0 Å². The zero-order chi connectivity index (χ0) is 45.1. The fourth-order valence-corrected chi connectivity index (χ4v) is 10.5. The van der Waals surface area contributed by atoms with Crippen LogP contribution in [0.25, 0.3) is 38.3 Å². The Labute approximate surface area is 367 Å². The van der Waals surface area contributed by atoms with Gasteiger partial charge in [0.15, 0.2) is 16.8 Å². The second-order valence-electron chi connectivity index (χ2n) is 18.4. The lowest BCUT2D eigenvalue weighted by molar-refractivity contribution is -0.371. The number of amides is 1. The SMILES string of the molecule is Cc1cc(=O)c2cc3c(c(-n4cc5cc[nH]c5c4)c2o1)OC(C)(CCC1CNC(=O)C12CCCCC2)C(OOCC(O)(Cc1ccc(O)c2ccc(O)cc12)C(O)C(O)C(O)CO)C3. The highest BCUT2D eigenvalue weighted by Crippen LogP contribution is 2.50. The Morgan fingerprint density at radius 2 is 1.78 bits per heavy atom. The van der Waals surface area contributed by atoms with Crippen molar-refractivity contribution >= 4 is 38.6 Å². The molecule has 1 spiro atoms. The van der Waals surface area contributed by atoms with Gasteiger partial charge in [0, 0.05) is 60.4 Å². The number of phenolic OH excluding ortho intramolecular Hbond substituents is 2. The maximum atomic E-state index is 13.6. The first-order valence-electron chi connectivity index (χ1n) is 22.0. The Morgan fingerprint density at radius 3 is 2.55 bits per heavy atom. The molecule has 7 atom stereocenters. The lowest BCUT2D eigenvalue weighted by atomic mass is 9.65. The lowest BCUT2D eigenvalue weighted by Crippen LogP contribution is -2.58. The van der Waals surface area contributed by atoms with Gasteiger partial charge in [0.1, 0.15) is 65.2 Å². The molecule has 3 aliphatic rings. The number of benzene rings is 3. The van der Waals surface area contributed by atoms with Crippen molar-refractivity contribution in [1.82, 2.24) is 14.9 Å². The molecule has 0 radical (unpaired) electrons. The molecule has 2 aliphatic heterocycles. The Bertz CT molecular complexity index is 2740. The van der Waals surface area contributed by atoms with E-state index in [1.165, 1.54) is 36.4 Å². The number of hydrogen-bond acceptors (Lipinski definition) is 13. The van der Waals surface area contributed by atoms with Gasteiger partial charge in [0.2, 0.25) is 5.91 Å². The molecule has 64 heavy (non-hydrogen) atoms. The first-order chi connectivity index (χ1) is 30.6. The number of carbonyl (C=O) groups excluding carboxylic acids is 1. The summed E-state index contributed by atoms with van der Waals surface area (Å²) in [6.45, 7) is 2.43. The van der Waals surface area contributed by atoms with Gasteiger partial charge in [-0.2, -0.15) is 0 Å². The number of nitrogens with zero attached hydrogens (tertiary/aromatic N) is 1. The number of fused-ring (bicyclic) bond motifs is 4. The molecule has 1 aliphatic carbocycles. The molecule has 7 unspecified atom stereocenters. The predicted octanol–water partition coefficient (Wildman–Crippen LogP) is 4.47. The van der Waals surface area contributed by atoms with E-state index in [4.69, 9.17) is 18.9 Å². The van der Waals surface area contributed by atoms with E-state index in [1.54, 1.807) is 13.0 Å². The maximum Gasteiger partial charge on any atom is 0.226 e. The van der Waals surface area contributed by atoms with E-state index in [-0.39, 0.29) is 35.2 Å². The third-order valence-corrected chi connectivity index (χ3v) is 14.2. The number of aryl methyl sites for hydroxylation is 1. The van der Waals surface area contributed by atoms with E-state index < -0.39 is 60.7 Å². The van der Waals surface area contributed by atoms with Crippen molar-refractivity contribution in [3.63, 3.8) is 0 Å². The minimum Gasteiger partial charge on any atom is -0.508 e. The van der Waals surface area contributed by atoms with Crippen molar-refractivity contribution in [2.24, 2.45) is 11.3 Å². The molecule has 9 N–H and O–H groups in total. The van der Waals surface area contributed by atoms with Crippen LogP contribution in [0.15, 0.2) is 76.3 Å². The van der Waals surface area contributed by atoms with Crippen molar-refractivity contribution < 1.29 is 59.5 Å². The number of rotatable bonds is 14. The molecule has 1 saturated carbocycles. The molecule has 3 aromatic carbocycles. The topological polar surface area (TPSA) is 249 Å². The number of ether oxygens (including phenoxy) is 1. The zero-order valence-electron chi connectivity index (χ0n) is 35.8. The largest absolute Gasteiger partial charge is 0.508 e. The minimum atomic E-state index is -2.41. The number of aromatic amines is 1. The molecule has 9 rings (SSSR count). The van der Waals surface area contributed by atoms with E-state index in [0.29, 0.717) is 69.5 Å². The average Bonchev–Trinajstić information content (AvgIpc) is 3.97. The number of phenols is 2. The van der Waals surface area contributed by atoms with Crippen LogP contribution in [0.3, 0.4) is 0 Å². The normalized spacial score (nSPS) is 23.2. The van der Waals surface area contributed by atoms with Crippen molar-refractivity contribution in [1.29, 1.82) is 0 Å². The van der Waals surface area contributed by atoms with Gasteiger partial charge in [-0.15, -0.1) is 0 Å². The molecular formula is C48H55N3O13.